The van der Waals surface area contributed by atoms with Crippen LogP contribution in [0.2, 0.25) is 0 Å². The number of carbonyl (C=O) groups is 1. The minimum absolute atomic E-state index is 0.0457. The molecule has 1 aliphatic rings. The Balaban J connectivity index is 2.09. The van der Waals surface area contributed by atoms with E-state index in [-0.39, 0.29) is 17.5 Å². The smallest absolute Gasteiger partial charge is 0.325 e. The predicted molar refractivity (Wildman–Crippen MR) is 59.4 cm³/mol. The molecule has 0 amide bonds. The van der Waals surface area contributed by atoms with Crippen LogP contribution in [0.3, 0.4) is 0 Å². The molecule has 9 heteroatoms. The Morgan fingerprint density at radius 1 is 1.67 bits per heavy atom. The van der Waals surface area contributed by atoms with Crippen molar-refractivity contribution in [3.8, 4) is 0 Å². The molecular formula is C9H13N3O5S. The number of nitrogens with zero attached hydrogens (tertiary/aromatic N) is 2. The van der Waals surface area contributed by atoms with Gasteiger partial charge in [-0.3, -0.25) is 9.48 Å². The lowest BCUT2D eigenvalue weighted by Gasteiger charge is -2.09. The summed E-state index contributed by atoms with van der Waals surface area (Å²) >= 11 is 0. The van der Waals surface area contributed by atoms with E-state index >= 15 is 0 Å². The molecule has 2 N–H and O–H groups in total. The summed E-state index contributed by atoms with van der Waals surface area (Å²) in [5, 5.41) is 12.2. The lowest BCUT2D eigenvalue weighted by atomic mass is 10.3. The number of aliphatic carboxylic acids is 1. The summed E-state index contributed by atoms with van der Waals surface area (Å²) < 4.78 is 32.5. The standard InChI is InChI=1S/C9H13N3O5S/c13-9(14)5-12-4-8(3-10-12)18(15,16)11-7-1-2-17-6-7/h3-4,7,11H,1-2,5-6H2,(H,13,14). The zero-order chi connectivity index (χ0) is 13.2. The Bertz CT molecular complexity index is 532. The predicted octanol–water partition coefficient (Wildman–Crippen LogP) is -0.965. The fraction of sp³-hybridized carbons (Fsp3) is 0.556. The zero-order valence-corrected chi connectivity index (χ0v) is 10.3. The number of ether oxygens (including phenoxy) is 1. The highest BCUT2D eigenvalue weighted by atomic mass is 32.2. The number of carboxylic acid groups (broad SMARTS) is 1. The first-order valence-corrected chi connectivity index (χ1v) is 6.80. The maximum atomic E-state index is 11.9. The largest absolute Gasteiger partial charge is 0.480 e. The molecule has 1 fully saturated rings. The average Bonchev–Trinajstić information content (AvgIpc) is 2.87. The van der Waals surface area contributed by atoms with Crippen molar-refractivity contribution in [1.82, 2.24) is 14.5 Å². The second-order valence-electron chi connectivity index (χ2n) is 3.95. The minimum Gasteiger partial charge on any atom is -0.480 e. The zero-order valence-electron chi connectivity index (χ0n) is 9.44. The lowest BCUT2D eigenvalue weighted by molar-refractivity contribution is -0.137. The molecule has 1 aromatic rings. The Labute approximate surface area is 104 Å². The van der Waals surface area contributed by atoms with E-state index < -0.39 is 16.0 Å². The van der Waals surface area contributed by atoms with Gasteiger partial charge in [-0.05, 0) is 6.42 Å². The molecule has 1 saturated heterocycles. The van der Waals surface area contributed by atoms with Gasteiger partial charge >= 0.3 is 5.97 Å². The van der Waals surface area contributed by atoms with Crippen molar-refractivity contribution in [2.75, 3.05) is 13.2 Å². The summed E-state index contributed by atoms with van der Waals surface area (Å²) in [6.45, 7) is 0.510. The van der Waals surface area contributed by atoms with E-state index in [9.17, 15) is 13.2 Å². The molecule has 2 rings (SSSR count). The van der Waals surface area contributed by atoms with Gasteiger partial charge in [0.05, 0.1) is 12.8 Å². The summed E-state index contributed by atoms with van der Waals surface area (Å²) in [5.74, 6) is -1.08. The number of nitrogens with one attached hydrogen (secondary N) is 1. The minimum atomic E-state index is -3.66. The van der Waals surface area contributed by atoms with Crippen LogP contribution in [0.25, 0.3) is 0 Å². The number of sulfonamides is 1. The molecule has 1 aliphatic heterocycles. The van der Waals surface area contributed by atoms with E-state index in [1.54, 1.807) is 0 Å². The normalized spacial score (nSPS) is 20.1. The van der Waals surface area contributed by atoms with Crippen molar-refractivity contribution >= 4 is 16.0 Å². The third-order valence-corrected chi connectivity index (χ3v) is 3.94. The van der Waals surface area contributed by atoms with Crippen LogP contribution in [0.5, 0.6) is 0 Å². The number of hydrogen-bond donors (Lipinski definition) is 2. The lowest BCUT2D eigenvalue weighted by Crippen LogP contribution is -2.34. The maximum absolute atomic E-state index is 11.9. The van der Waals surface area contributed by atoms with Gasteiger partial charge in [0, 0.05) is 18.8 Å². The topological polar surface area (TPSA) is 111 Å². The molecule has 0 bridgehead atoms. The van der Waals surface area contributed by atoms with Gasteiger partial charge in [0.1, 0.15) is 11.4 Å². The van der Waals surface area contributed by atoms with Crippen molar-refractivity contribution in [2.45, 2.75) is 23.9 Å². The summed E-state index contributed by atoms with van der Waals surface area (Å²) in [4.78, 5) is 10.4. The average molecular weight is 275 g/mol. The Morgan fingerprint density at radius 3 is 3.06 bits per heavy atom. The molecule has 8 nitrogen and oxygen atoms in total. The van der Waals surface area contributed by atoms with Crippen LogP contribution < -0.4 is 4.72 Å². The van der Waals surface area contributed by atoms with Crippen LogP contribution in [0.1, 0.15) is 6.42 Å². The molecule has 1 aromatic heterocycles. The van der Waals surface area contributed by atoms with Gasteiger partial charge in [0.25, 0.3) is 0 Å². The number of hydrogen-bond acceptors (Lipinski definition) is 5. The maximum Gasteiger partial charge on any atom is 0.325 e. The molecule has 18 heavy (non-hydrogen) atoms. The summed E-state index contributed by atoms with van der Waals surface area (Å²) in [6.07, 6.45) is 2.94. The molecule has 0 aromatic carbocycles. The van der Waals surface area contributed by atoms with Gasteiger partial charge < -0.3 is 9.84 Å². The molecular weight excluding hydrogens is 262 g/mol. The number of rotatable bonds is 5. The van der Waals surface area contributed by atoms with E-state index in [2.05, 4.69) is 9.82 Å². The SMILES string of the molecule is O=C(O)Cn1cc(S(=O)(=O)NC2CCOC2)cn1. The van der Waals surface area contributed by atoms with E-state index in [1.807, 2.05) is 0 Å². The Hall–Kier alpha value is -1.45. The summed E-state index contributed by atoms with van der Waals surface area (Å²) in [5.41, 5.74) is 0. The van der Waals surface area contributed by atoms with Crippen LogP contribution in [0.15, 0.2) is 17.3 Å². The van der Waals surface area contributed by atoms with Crippen LogP contribution in [0.4, 0.5) is 0 Å². The Morgan fingerprint density at radius 2 is 2.44 bits per heavy atom. The van der Waals surface area contributed by atoms with Crippen LogP contribution in [-0.2, 0) is 26.1 Å². The van der Waals surface area contributed by atoms with Gasteiger partial charge in [-0.25, -0.2) is 13.1 Å². The quantitative estimate of drug-likeness (QED) is 0.715. The highest BCUT2D eigenvalue weighted by molar-refractivity contribution is 7.89. The summed E-state index contributed by atoms with van der Waals surface area (Å²) in [6, 6.07) is -0.238. The van der Waals surface area contributed by atoms with Crippen LogP contribution in [0, 0.1) is 0 Å². The van der Waals surface area contributed by atoms with Crippen LogP contribution >= 0.6 is 0 Å². The van der Waals surface area contributed by atoms with Crippen molar-refractivity contribution in [1.29, 1.82) is 0 Å². The van der Waals surface area contributed by atoms with Gasteiger partial charge in [0.2, 0.25) is 10.0 Å². The van der Waals surface area contributed by atoms with Crippen molar-refractivity contribution in [2.24, 2.45) is 0 Å². The van der Waals surface area contributed by atoms with Gasteiger partial charge in [-0.2, -0.15) is 5.10 Å². The Kier molecular flexibility index (Phi) is 3.64. The first-order chi connectivity index (χ1) is 8.47. The third-order valence-electron chi connectivity index (χ3n) is 2.47. The van der Waals surface area contributed by atoms with E-state index in [0.717, 1.165) is 10.9 Å². The molecule has 1 unspecified atom stereocenters. The molecule has 2 heterocycles. The van der Waals surface area contributed by atoms with Crippen molar-refractivity contribution < 1.29 is 23.1 Å². The molecule has 0 spiro atoms. The highest BCUT2D eigenvalue weighted by Gasteiger charge is 2.24. The third kappa shape index (κ3) is 3.06. The second-order valence-corrected chi connectivity index (χ2v) is 5.66. The summed E-state index contributed by atoms with van der Waals surface area (Å²) in [7, 11) is -3.66. The second kappa shape index (κ2) is 5.04. The fourth-order valence-corrected chi connectivity index (χ4v) is 2.83. The van der Waals surface area contributed by atoms with Gasteiger partial charge in [0.15, 0.2) is 0 Å². The van der Waals surface area contributed by atoms with Gasteiger partial charge in [-0.1, -0.05) is 0 Å². The number of aromatic nitrogens is 2. The van der Waals surface area contributed by atoms with Gasteiger partial charge in [-0.15, -0.1) is 0 Å². The van der Waals surface area contributed by atoms with E-state index in [4.69, 9.17) is 9.84 Å². The highest BCUT2D eigenvalue weighted by Crippen LogP contribution is 2.11. The van der Waals surface area contributed by atoms with Crippen LogP contribution in [-0.4, -0.2) is 48.5 Å². The first-order valence-electron chi connectivity index (χ1n) is 5.32. The monoisotopic (exact) mass is 275 g/mol. The first kappa shape index (κ1) is 13.0. The number of carboxylic acids is 1. The molecule has 0 saturated carbocycles. The van der Waals surface area contributed by atoms with E-state index in [1.165, 1.54) is 6.20 Å². The van der Waals surface area contributed by atoms with Crippen molar-refractivity contribution in [3.05, 3.63) is 12.4 Å². The van der Waals surface area contributed by atoms with Crippen molar-refractivity contribution in [3.63, 3.8) is 0 Å². The molecule has 100 valence electrons. The molecule has 0 aliphatic carbocycles. The fourth-order valence-electron chi connectivity index (χ4n) is 1.62. The molecule has 1 atom stereocenters. The van der Waals surface area contributed by atoms with E-state index in [0.29, 0.717) is 19.6 Å². The molecule has 0 radical (unpaired) electrons.